The van der Waals surface area contributed by atoms with Gasteiger partial charge in [-0.05, 0) is 30.2 Å². The monoisotopic (exact) mass is 421 g/mol. The van der Waals surface area contributed by atoms with Crippen molar-refractivity contribution in [1.29, 1.82) is 0 Å². The molecule has 0 unspecified atom stereocenters. The maximum atomic E-state index is 12.4. The van der Waals surface area contributed by atoms with Crippen molar-refractivity contribution in [2.45, 2.75) is 26.5 Å². The van der Waals surface area contributed by atoms with Gasteiger partial charge >= 0.3 is 5.69 Å². The minimum Gasteiger partial charge on any atom is -0.491 e. The van der Waals surface area contributed by atoms with E-state index >= 15 is 0 Å². The molecule has 0 saturated heterocycles. The molecular formula is C19H24ClN5O4. The van der Waals surface area contributed by atoms with E-state index in [0.29, 0.717) is 29.2 Å². The van der Waals surface area contributed by atoms with E-state index in [0.717, 1.165) is 0 Å². The Morgan fingerprint density at radius 2 is 1.97 bits per heavy atom. The number of hydrogen-bond donors (Lipinski definition) is 3. The van der Waals surface area contributed by atoms with E-state index in [1.807, 2.05) is 13.8 Å². The van der Waals surface area contributed by atoms with Crippen molar-refractivity contribution < 1.29 is 9.84 Å². The number of aliphatic hydroxyl groups excluding tert-OH is 1. The molecule has 0 bridgehead atoms. The number of aliphatic hydroxyl groups is 1. The number of nitrogens with one attached hydrogen (secondary N) is 2. The molecule has 9 nitrogen and oxygen atoms in total. The SMILES string of the molecule is CC(C)CNc1nc2c(c(=O)[nH]c(=O)n2C)n1C[C@@H](O)COc1ccc(Cl)cc1. The van der Waals surface area contributed by atoms with Crippen LogP contribution in [0.5, 0.6) is 5.75 Å². The van der Waals surface area contributed by atoms with Crippen molar-refractivity contribution in [2.24, 2.45) is 13.0 Å². The number of fused-ring (bicyclic) bond motifs is 1. The highest BCUT2D eigenvalue weighted by molar-refractivity contribution is 6.30. The maximum absolute atomic E-state index is 12.4. The first kappa shape index (κ1) is 20.9. The third-order valence-corrected chi connectivity index (χ3v) is 4.58. The highest BCUT2D eigenvalue weighted by Crippen LogP contribution is 2.18. The van der Waals surface area contributed by atoms with E-state index < -0.39 is 17.4 Å². The summed E-state index contributed by atoms with van der Waals surface area (Å²) in [6.45, 7) is 4.77. The number of anilines is 1. The molecule has 0 amide bonds. The third-order valence-electron chi connectivity index (χ3n) is 4.32. The van der Waals surface area contributed by atoms with E-state index in [1.54, 1.807) is 28.8 Å². The summed E-state index contributed by atoms with van der Waals surface area (Å²) >= 11 is 5.85. The lowest BCUT2D eigenvalue weighted by molar-refractivity contribution is 0.0938. The molecule has 0 aliphatic rings. The molecule has 0 aliphatic heterocycles. The molecule has 0 aliphatic carbocycles. The van der Waals surface area contributed by atoms with E-state index in [-0.39, 0.29) is 24.3 Å². The van der Waals surface area contributed by atoms with Gasteiger partial charge in [-0.3, -0.25) is 14.3 Å². The minimum atomic E-state index is -0.917. The number of rotatable bonds is 8. The Morgan fingerprint density at radius 1 is 1.28 bits per heavy atom. The van der Waals surface area contributed by atoms with Gasteiger partial charge in [-0.25, -0.2) is 4.79 Å². The second-order valence-electron chi connectivity index (χ2n) is 7.23. The summed E-state index contributed by atoms with van der Waals surface area (Å²) in [5.74, 6) is 1.32. The van der Waals surface area contributed by atoms with Crippen LogP contribution < -0.4 is 21.3 Å². The highest BCUT2D eigenvalue weighted by atomic mass is 35.5. The zero-order valence-corrected chi connectivity index (χ0v) is 17.2. The predicted molar refractivity (Wildman–Crippen MR) is 112 cm³/mol. The van der Waals surface area contributed by atoms with Crippen molar-refractivity contribution in [3.05, 3.63) is 50.1 Å². The molecule has 156 valence electrons. The fraction of sp³-hybridized carbons (Fsp3) is 0.421. The molecule has 1 aromatic carbocycles. The zero-order chi connectivity index (χ0) is 21.1. The topological polar surface area (TPSA) is 114 Å². The number of aromatic nitrogens is 4. The van der Waals surface area contributed by atoms with Crippen LogP contribution in [0.25, 0.3) is 11.2 Å². The van der Waals surface area contributed by atoms with Gasteiger partial charge in [-0.1, -0.05) is 25.4 Å². The Balaban J connectivity index is 1.88. The van der Waals surface area contributed by atoms with E-state index in [4.69, 9.17) is 16.3 Å². The number of halogens is 1. The lowest BCUT2D eigenvalue weighted by Crippen LogP contribution is -2.31. The summed E-state index contributed by atoms with van der Waals surface area (Å²) in [6, 6.07) is 6.80. The average molecular weight is 422 g/mol. The number of benzene rings is 1. The summed E-state index contributed by atoms with van der Waals surface area (Å²) in [7, 11) is 1.53. The van der Waals surface area contributed by atoms with Gasteiger partial charge in [-0.2, -0.15) is 4.98 Å². The molecule has 0 radical (unpaired) electrons. The van der Waals surface area contributed by atoms with Gasteiger partial charge in [0.05, 0.1) is 6.54 Å². The van der Waals surface area contributed by atoms with Crippen LogP contribution in [0.3, 0.4) is 0 Å². The molecule has 3 aromatic rings. The third kappa shape index (κ3) is 4.80. The van der Waals surface area contributed by atoms with Gasteiger partial charge in [0.2, 0.25) is 5.95 Å². The first-order valence-electron chi connectivity index (χ1n) is 9.26. The summed E-state index contributed by atoms with van der Waals surface area (Å²) in [6.07, 6.45) is -0.917. The van der Waals surface area contributed by atoms with Gasteiger partial charge in [0.1, 0.15) is 18.5 Å². The second kappa shape index (κ2) is 8.71. The van der Waals surface area contributed by atoms with Crippen molar-refractivity contribution in [1.82, 2.24) is 19.1 Å². The number of imidazole rings is 1. The van der Waals surface area contributed by atoms with Crippen LogP contribution >= 0.6 is 11.6 Å². The number of H-pyrrole nitrogens is 1. The van der Waals surface area contributed by atoms with Crippen molar-refractivity contribution >= 4 is 28.7 Å². The number of nitrogens with zero attached hydrogens (tertiary/aromatic N) is 3. The molecule has 0 spiro atoms. The molecular weight excluding hydrogens is 398 g/mol. The van der Waals surface area contributed by atoms with E-state index in [1.165, 1.54) is 11.6 Å². The smallest absolute Gasteiger partial charge is 0.329 e. The fourth-order valence-corrected chi connectivity index (χ4v) is 2.96. The van der Waals surface area contributed by atoms with Crippen LogP contribution in [0.15, 0.2) is 33.9 Å². The van der Waals surface area contributed by atoms with Crippen LogP contribution in [0.1, 0.15) is 13.8 Å². The van der Waals surface area contributed by atoms with Gasteiger partial charge in [0, 0.05) is 18.6 Å². The molecule has 2 heterocycles. The van der Waals surface area contributed by atoms with Crippen LogP contribution in [0.4, 0.5) is 5.95 Å². The number of aromatic amines is 1. The summed E-state index contributed by atoms with van der Waals surface area (Å²) in [5.41, 5.74) is -0.645. The number of aryl methyl sites for hydroxylation is 1. The Morgan fingerprint density at radius 3 is 2.62 bits per heavy atom. The standard InChI is InChI=1S/C19H24ClN5O4/c1-11(2)8-21-18-22-16-15(17(27)23-19(28)24(16)3)25(18)9-13(26)10-29-14-6-4-12(20)5-7-14/h4-7,11,13,26H,8-10H2,1-3H3,(H,21,22)(H,23,27,28)/t13-/m1/s1. The number of hydrogen-bond acceptors (Lipinski definition) is 6. The molecule has 10 heteroatoms. The zero-order valence-electron chi connectivity index (χ0n) is 16.5. The highest BCUT2D eigenvalue weighted by Gasteiger charge is 2.20. The fourth-order valence-electron chi connectivity index (χ4n) is 2.83. The Bertz CT molecular complexity index is 1100. The van der Waals surface area contributed by atoms with Gasteiger partial charge in [-0.15, -0.1) is 0 Å². The van der Waals surface area contributed by atoms with Gasteiger partial charge in [0.25, 0.3) is 5.56 Å². The quantitative estimate of drug-likeness (QED) is 0.509. The summed E-state index contributed by atoms with van der Waals surface area (Å²) < 4.78 is 8.43. The first-order chi connectivity index (χ1) is 13.8. The largest absolute Gasteiger partial charge is 0.491 e. The van der Waals surface area contributed by atoms with Crippen molar-refractivity contribution in [2.75, 3.05) is 18.5 Å². The normalized spacial score (nSPS) is 12.5. The summed E-state index contributed by atoms with van der Waals surface area (Å²) in [5, 5.41) is 14.3. The Labute approximate surface area is 171 Å². The average Bonchev–Trinajstić information content (AvgIpc) is 3.03. The molecule has 2 aromatic heterocycles. The molecule has 29 heavy (non-hydrogen) atoms. The van der Waals surface area contributed by atoms with Crippen LogP contribution in [-0.4, -0.2) is 43.5 Å². The van der Waals surface area contributed by atoms with E-state index in [2.05, 4.69) is 15.3 Å². The lowest BCUT2D eigenvalue weighted by atomic mass is 10.2. The molecule has 0 fully saturated rings. The van der Waals surface area contributed by atoms with Crippen molar-refractivity contribution in [3.8, 4) is 5.75 Å². The summed E-state index contributed by atoms with van der Waals surface area (Å²) in [4.78, 5) is 31.0. The Hall–Kier alpha value is -2.78. The van der Waals surface area contributed by atoms with E-state index in [9.17, 15) is 14.7 Å². The first-order valence-corrected chi connectivity index (χ1v) is 9.64. The van der Waals surface area contributed by atoms with Crippen molar-refractivity contribution in [3.63, 3.8) is 0 Å². The Kier molecular flexibility index (Phi) is 6.29. The maximum Gasteiger partial charge on any atom is 0.329 e. The molecule has 0 saturated carbocycles. The van der Waals surface area contributed by atoms with Crippen LogP contribution in [0.2, 0.25) is 5.02 Å². The number of ether oxygens (including phenoxy) is 1. The van der Waals surface area contributed by atoms with Gasteiger partial charge in [0.15, 0.2) is 11.2 Å². The molecule has 3 rings (SSSR count). The minimum absolute atomic E-state index is 0.00853. The second-order valence-corrected chi connectivity index (χ2v) is 7.67. The molecule has 3 N–H and O–H groups in total. The van der Waals surface area contributed by atoms with Crippen LogP contribution in [-0.2, 0) is 13.6 Å². The predicted octanol–water partition coefficient (Wildman–Crippen LogP) is 1.58. The molecule has 1 atom stereocenters. The lowest BCUT2D eigenvalue weighted by Gasteiger charge is -2.16. The van der Waals surface area contributed by atoms with Crippen LogP contribution in [0, 0.1) is 5.92 Å². The van der Waals surface area contributed by atoms with Gasteiger partial charge < -0.3 is 19.7 Å².